The third kappa shape index (κ3) is 7.41. The Labute approximate surface area is 184 Å². The van der Waals surface area contributed by atoms with E-state index in [-0.39, 0.29) is 30.9 Å². The molecule has 1 aromatic heterocycles. The van der Waals surface area contributed by atoms with Crippen molar-refractivity contribution in [3.63, 3.8) is 0 Å². The highest BCUT2D eigenvalue weighted by Crippen LogP contribution is 2.18. The largest absolute Gasteiger partial charge is 0.481 e. The van der Waals surface area contributed by atoms with E-state index in [0.717, 1.165) is 22.3 Å². The van der Waals surface area contributed by atoms with Crippen LogP contribution in [0.4, 0.5) is 0 Å². The first-order chi connectivity index (χ1) is 14.6. The number of aryl methyl sites for hydroxylation is 1. The molecule has 0 fully saturated rings. The lowest BCUT2D eigenvalue weighted by molar-refractivity contribution is -0.136. The van der Waals surface area contributed by atoms with Crippen LogP contribution < -0.4 is 0 Å². The highest BCUT2D eigenvalue weighted by molar-refractivity contribution is 8.03. The number of carbonyl (C=O) groups is 1. The Bertz CT molecular complexity index is 1070. The summed E-state index contributed by atoms with van der Waals surface area (Å²) in [5, 5.41) is 9.01. The van der Waals surface area contributed by atoms with Crippen LogP contribution in [0.3, 0.4) is 0 Å². The monoisotopic (exact) mass is 468 g/mol. The summed E-state index contributed by atoms with van der Waals surface area (Å²) < 4.78 is 50.0. The van der Waals surface area contributed by atoms with Crippen LogP contribution in [0, 0.1) is 0 Å². The Balaban J connectivity index is 2.33. The Morgan fingerprint density at radius 3 is 2.03 bits per heavy atom. The standard InChI is InChI=1S/C21H28N2O6S2/c1-3-30(26,27)23(31(28,29)4-2)11-9-18-12-17(7-8-21(24)25)13-20(14-18)15-19-6-5-10-22-16-19/h5-6,10,12-14,16H,3-4,7-9,11,15H2,1-2H3,(H,24,25). The number of aliphatic carboxylic acids is 1. The van der Waals surface area contributed by atoms with Gasteiger partial charge in [-0.3, -0.25) is 9.78 Å². The molecule has 2 aromatic rings. The summed E-state index contributed by atoms with van der Waals surface area (Å²) in [6, 6.07) is 9.38. The average molecular weight is 469 g/mol. The zero-order chi connectivity index (χ0) is 23.1. The number of hydrogen-bond acceptors (Lipinski definition) is 6. The third-order valence-electron chi connectivity index (χ3n) is 4.80. The van der Waals surface area contributed by atoms with Crippen LogP contribution in [0.2, 0.25) is 0 Å². The van der Waals surface area contributed by atoms with Crippen molar-refractivity contribution < 1.29 is 26.7 Å². The second-order valence-electron chi connectivity index (χ2n) is 7.14. The zero-order valence-electron chi connectivity index (χ0n) is 17.7. The topological polar surface area (TPSA) is 122 Å². The van der Waals surface area contributed by atoms with Gasteiger partial charge in [0.1, 0.15) is 0 Å². The first kappa shape index (κ1) is 25.0. The van der Waals surface area contributed by atoms with E-state index in [9.17, 15) is 21.6 Å². The van der Waals surface area contributed by atoms with Gasteiger partial charge in [0.2, 0.25) is 20.0 Å². The van der Waals surface area contributed by atoms with Crippen molar-refractivity contribution >= 4 is 26.0 Å². The summed E-state index contributed by atoms with van der Waals surface area (Å²) in [6.07, 6.45) is 4.48. The molecule has 8 nitrogen and oxygen atoms in total. The lowest BCUT2D eigenvalue weighted by atomic mass is 9.97. The Morgan fingerprint density at radius 1 is 0.935 bits per heavy atom. The van der Waals surface area contributed by atoms with Crippen molar-refractivity contribution in [3.8, 4) is 0 Å². The van der Waals surface area contributed by atoms with E-state index >= 15 is 0 Å². The molecule has 0 aliphatic rings. The van der Waals surface area contributed by atoms with Gasteiger partial charge in [-0.1, -0.05) is 28.0 Å². The second kappa shape index (κ2) is 10.8. The minimum Gasteiger partial charge on any atom is -0.481 e. The summed E-state index contributed by atoms with van der Waals surface area (Å²) in [7, 11) is -7.86. The maximum atomic E-state index is 12.4. The minimum absolute atomic E-state index is 0.0314. The van der Waals surface area contributed by atoms with E-state index in [1.165, 1.54) is 13.8 Å². The molecule has 0 saturated carbocycles. The molecule has 2 rings (SSSR count). The highest BCUT2D eigenvalue weighted by atomic mass is 32.3. The van der Waals surface area contributed by atoms with Gasteiger partial charge in [-0.05, 0) is 61.4 Å². The molecular weight excluding hydrogens is 440 g/mol. The van der Waals surface area contributed by atoms with Gasteiger partial charge in [0.15, 0.2) is 0 Å². The molecule has 0 aliphatic carbocycles. The summed E-state index contributed by atoms with van der Waals surface area (Å²) in [6.45, 7) is 2.62. The normalized spacial score (nSPS) is 12.2. The predicted octanol–water partition coefficient (Wildman–Crippen LogP) is 2.23. The number of rotatable bonds is 12. The van der Waals surface area contributed by atoms with Crippen molar-refractivity contribution in [2.75, 3.05) is 18.1 Å². The smallest absolute Gasteiger partial charge is 0.303 e. The van der Waals surface area contributed by atoms with E-state index in [1.54, 1.807) is 12.4 Å². The van der Waals surface area contributed by atoms with Crippen LogP contribution in [0.1, 0.15) is 42.5 Å². The lowest BCUT2D eigenvalue weighted by Gasteiger charge is -2.21. The molecule has 0 atom stereocenters. The van der Waals surface area contributed by atoms with Crippen LogP contribution in [0.15, 0.2) is 42.7 Å². The molecule has 1 N–H and O–H groups in total. The average Bonchev–Trinajstić information content (AvgIpc) is 2.72. The molecule has 0 radical (unpaired) electrons. The van der Waals surface area contributed by atoms with Gasteiger partial charge >= 0.3 is 5.97 Å². The summed E-state index contributed by atoms with van der Waals surface area (Å²) in [5.41, 5.74) is 3.47. The minimum atomic E-state index is -3.93. The molecule has 0 unspecified atom stereocenters. The van der Waals surface area contributed by atoms with Gasteiger partial charge in [-0.25, -0.2) is 16.8 Å². The summed E-state index contributed by atoms with van der Waals surface area (Å²) in [5.74, 6) is -1.53. The second-order valence-corrected chi connectivity index (χ2v) is 11.7. The summed E-state index contributed by atoms with van der Waals surface area (Å²) in [4.78, 5) is 15.1. The van der Waals surface area contributed by atoms with Gasteiger partial charge in [-0.15, -0.1) is 0 Å². The number of aromatic nitrogens is 1. The fourth-order valence-electron chi connectivity index (χ4n) is 3.18. The van der Waals surface area contributed by atoms with E-state index in [0.29, 0.717) is 16.6 Å². The molecule has 1 heterocycles. The molecule has 0 spiro atoms. The number of carboxylic acids is 1. The van der Waals surface area contributed by atoms with Crippen LogP contribution >= 0.6 is 0 Å². The quantitative estimate of drug-likeness (QED) is 0.507. The first-order valence-electron chi connectivity index (χ1n) is 10.0. The number of carboxylic acid groups (broad SMARTS) is 1. The molecule has 31 heavy (non-hydrogen) atoms. The predicted molar refractivity (Wildman–Crippen MR) is 119 cm³/mol. The molecule has 0 saturated heterocycles. The van der Waals surface area contributed by atoms with Gasteiger partial charge in [0.25, 0.3) is 0 Å². The van der Waals surface area contributed by atoms with Crippen LogP contribution in [-0.2, 0) is 44.1 Å². The van der Waals surface area contributed by atoms with Gasteiger partial charge < -0.3 is 5.11 Å². The molecule has 0 bridgehead atoms. The van der Waals surface area contributed by atoms with E-state index in [1.807, 2.05) is 30.3 Å². The van der Waals surface area contributed by atoms with Crippen molar-refractivity contribution in [3.05, 3.63) is 65.0 Å². The fraction of sp³-hybridized carbons (Fsp3) is 0.429. The SMILES string of the molecule is CCS(=O)(=O)N(CCc1cc(CCC(=O)O)cc(Cc2cccnc2)c1)S(=O)(=O)CC. The maximum absolute atomic E-state index is 12.4. The highest BCUT2D eigenvalue weighted by Gasteiger charge is 2.30. The molecule has 0 amide bonds. The summed E-state index contributed by atoms with van der Waals surface area (Å²) >= 11 is 0. The van der Waals surface area contributed by atoms with Crippen molar-refractivity contribution in [1.82, 2.24) is 8.69 Å². The van der Waals surface area contributed by atoms with E-state index in [4.69, 9.17) is 5.11 Å². The lowest BCUT2D eigenvalue weighted by Crippen LogP contribution is -2.40. The number of nitrogens with zero attached hydrogens (tertiary/aromatic N) is 2. The number of hydrogen-bond donors (Lipinski definition) is 1. The van der Waals surface area contributed by atoms with Gasteiger partial charge in [-0.2, -0.15) is 0 Å². The van der Waals surface area contributed by atoms with Crippen LogP contribution in [-0.4, -0.2) is 54.7 Å². The number of pyridine rings is 1. The van der Waals surface area contributed by atoms with Crippen LogP contribution in [0.5, 0.6) is 0 Å². The maximum Gasteiger partial charge on any atom is 0.303 e. The zero-order valence-corrected chi connectivity index (χ0v) is 19.3. The Kier molecular flexibility index (Phi) is 8.72. The first-order valence-corrected chi connectivity index (χ1v) is 13.2. The van der Waals surface area contributed by atoms with E-state index in [2.05, 4.69) is 4.98 Å². The van der Waals surface area contributed by atoms with Crippen molar-refractivity contribution in [2.45, 2.75) is 39.5 Å². The van der Waals surface area contributed by atoms with Gasteiger partial charge in [0.05, 0.1) is 11.5 Å². The fourth-order valence-corrected chi connectivity index (χ4v) is 6.51. The van der Waals surface area contributed by atoms with Crippen molar-refractivity contribution in [1.29, 1.82) is 0 Å². The molecule has 10 heteroatoms. The van der Waals surface area contributed by atoms with Gasteiger partial charge in [0, 0.05) is 25.4 Å². The Hall–Kier alpha value is -2.30. The number of sulfonamides is 2. The third-order valence-corrected chi connectivity index (χ3v) is 9.23. The molecule has 1 aromatic carbocycles. The Morgan fingerprint density at radius 2 is 1.52 bits per heavy atom. The number of benzene rings is 1. The van der Waals surface area contributed by atoms with Crippen molar-refractivity contribution in [2.24, 2.45) is 0 Å². The van der Waals surface area contributed by atoms with E-state index < -0.39 is 26.0 Å². The van der Waals surface area contributed by atoms with Crippen LogP contribution in [0.25, 0.3) is 0 Å². The molecule has 0 aliphatic heterocycles. The molecular formula is C21H28N2O6S2. The molecule has 170 valence electrons.